The molecule has 0 saturated carbocycles. The van der Waals surface area contributed by atoms with Crippen molar-refractivity contribution < 1.29 is 15.0 Å². The largest absolute Gasteiger partial charge is 0.394 e. The Labute approximate surface area is 447 Å². The molecule has 4 heteroatoms. The first-order valence-corrected chi connectivity index (χ1v) is 33.4. The van der Waals surface area contributed by atoms with E-state index in [4.69, 9.17) is 0 Å². The van der Waals surface area contributed by atoms with Crippen LogP contribution in [0, 0.1) is 0 Å². The van der Waals surface area contributed by atoms with Crippen molar-refractivity contribution in [2.45, 2.75) is 405 Å². The topological polar surface area (TPSA) is 69.6 Å². The molecule has 0 heterocycles. The second kappa shape index (κ2) is 63.4. The van der Waals surface area contributed by atoms with Crippen LogP contribution in [-0.4, -0.2) is 34.9 Å². The molecule has 3 N–H and O–H groups in total. The molecule has 71 heavy (non-hydrogen) atoms. The second-order valence-electron chi connectivity index (χ2n) is 23.3. The molecule has 0 aromatic carbocycles. The first kappa shape index (κ1) is 70.1. The minimum atomic E-state index is -0.837. The lowest BCUT2D eigenvalue weighted by atomic mass is 10.0. The molecule has 0 aliphatic heterocycles. The molecule has 0 saturated heterocycles. The van der Waals surface area contributed by atoms with E-state index in [1.807, 2.05) is 6.08 Å². The Kier molecular flexibility index (Phi) is 62.6. The van der Waals surface area contributed by atoms with Crippen molar-refractivity contribution >= 4 is 5.91 Å². The van der Waals surface area contributed by atoms with Crippen molar-refractivity contribution in [2.75, 3.05) is 6.61 Å². The highest BCUT2D eigenvalue weighted by atomic mass is 16.3. The van der Waals surface area contributed by atoms with Crippen LogP contribution in [0.3, 0.4) is 0 Å². The molecule has 0 aromatic rings. The molecule has 0 fully saturated rings. The van der Waals surface area contributed by atoms with Crippen molar-refractivity contribution in [1.29, 1.82) is 0 Å². The Bertz CT molecular complexity index is 998. The van der Waals surface area contributed by atoms with Crippen LogP contribution in [0.25, 0.3) is 0 Å². The third kappa shape index (κ3) is 59.9. The van der Waals surface area contributed by atoms with Gasteiger partial charge in [-0.2, -0.15) is 0 Å². The normalized spacial score (nSPS) is 12.7. The number of amides is 1. The van der Waals surface area contributed by atoms with Crippen molar-refractivity contribution in [3.63, 3.8) is 0 Å². The Balaban J connectivity index is 3.40. The number of hydrogen-bond acceptors (Lipinski definition) is 3. The molecular weight excluding hydrogens is 867 g/mol. The number of carbonyl (C=O) groups excluding carboxylic acids is 1. The highest BCUT2D eigenvalue weighted by Gasteiger charge is 2.18. The first-order valence-electron chi connectivity index (χ1n) is 33.4. The molecule has 4 nitrogen and oxygen atoms in total. The number of rotatable bonds is 63. The van der Waals surface area contributed by atoms with Crippen molar-refractivity contribution in [1.82, 2.24) is 5.32 Å². The summed E-state index contributed by atoms with van der Waals surface area (Å²) in [6.07, 6.45) is 84.3. The van der Waals surface area contributed by atoms with E-state index < -0.39 is 12.1 Å². The van der Waals surface area contributed by atoms with Gasteiger partial charge in [-0.25, -0.2) is 0 Å². The van der Waals surface area contributed by atoms with Crippen molar-refractivity contribution in [3.8, 4) is 0 Å². The average molecular weight is 1000 g/mol. The summed E-state index contributed by atoms with van der Waals surface area (Å²) in [6, 6.07) is -0.619. The zero-order valence-electron chi connectivity index (χ0n) is 49.0. The fourth-order valence-corrected chi connectivity index (χ4v) is 11.0. The minimum Gasteiger partial charge on any atom is -0.394 e. The molecule has 1 amide bonds. The van der Waals surface area contributed by atoms with Crippen molar-refractivity contribution in [2.24, 2.45) is 0 Å². The van der Waals surface area contributed by atoms with Crippen LogP contribution < -0.4 is 5.32 Å². The van der Waals surface area contributed by atoms with Crippen LogP contribution in [0.2, 0.25) is 0 Å². The summed E-state index contributed by atoms with van der Waals surface area (Å²) in [5, 5.41) is 23.3. The molecule has 0 aliphatic carbocycles. The third-order valence-electron chi connectivity index (χ3n) is 16.0. The highest BCUT2D eigenvalue weighted by Crippen LogP contribution is 2.19. The monoisotopic (exact) mass is 1000 g/mol. The minimum absolute atomic E-state index is 0.0534. The van der Waals surface area contributed by atoms with Crippen LogP contribution in [-0.2, 0) is 4.79 Å². The summed E-state index contributed by atoms with van der Waals surface area (Å²) < 4.78 is 0. The number of carbonyl (C=O) groups is 1. The Morgan fingerprint density at radius 2 is 0.521 bits per heavy atom. The zero-order valence-corrected chi connectivity index (χ0v) is 49.0. The van der Waals surface area contributed by atoms with Crippen LogP contribution in [0.1, 0.15) is 393 Å². The summed E-state index contributed by atoms with van der Waals surface area (Å²) in [4.78, 5) is 12.5. The van der Waals surface area contributed by atoms with Gasteiger partial charge >= 0.3 is 0 Å². The highest BCUT2D eigenvalue weighted by molar-refractivity contribution is 5.76. The van der Waals surface area contributed by atoms with E-state index in [2.05, 4.69) is 19.2 Å². The van der Waals surface area contributed by atoms with Gasteiger partial charge in [0.1, 0.15) is 0 Å². The molecule has 0 bridgehead atoms. The Morgan fingerprint density at radius 1 is 0.324 bits per heavy atom. The lowest BCUT2D eigenvalue weighted by Crippen LogP contribution is -2.45. The van der Waals surface area contributed by atoms with Gasteiger partial charge < -0.3 is 15.5 Å². The Hall–Kier alpha value is -0.870. The number of hydrogen-bond donors (Lipinski definition) is 3. The fourth-order valence-electron chi connectivity index (χ4n) is 11.0. The zero-order chi connectivity index (χ0) is 51.3. The Morgan fingerprint density at radius 3 is 0.732 bits per heavy atom. The van der Waals surface area contributed by atoms with E-state index in [9.17, 15) is 15.0 Å². The lowest BCUT2D eigenvalue weighted by molar-refractivity contribution is -0.123. The predicted octanol–water partition coefficient (Wildman–Crippen LogP) is 22.4. The summed E-state index contributed by atoms with van der Waals surface area (Å²) >= 11 is 0. The lowest BCUT2D eigenvalue weighted by Gasteiger charge is -2.20. The predicted molar refractivity (Wildman–Crippen MR) is 318 cm³/mol. The summed E-state index contributed by atoms with van der Waals surface area (Å²) in [6.45, 7) is 4.37. The van der Waals surface area contributed by atoms with Crippen molar-refractivity contribution in [3.05, 3.63) is 12.2 Å². The molecule has 0 aromatic heterocycles. The van der Waals surface area contributed by atoms with Gasteiger partial charge in [0.15, 0.2) is 0 Å². The average Bonchev–Trinajstić information content (AvgIpc) is 3.37. The number of aliphatic hydroxyl groups is 2. The van der Waals surface area contributed by atoms with E-state index in [1.54, 1.807) is 6.08 Å². The number of aliphatic hydroxyl groups excluding tert-OH is 2. The molecule has 2 atom stereocenters. The fraction of sp³-hybridized carbons (Fsp3) is 0.955. The van der Waals surface area contributed by atoms with Gasteiger partial charge in [0.2, 0.25) is 5.91 Å². The van der Waals surface area contributed by atoms with Crippen LogP contribution >= 0.6 is 0 Å². The first-order chi connectivity index (χ1) is 35.2. The molecule has 0 radical (unpaired) electrons. The molecule has 0 aliphatic rings. The maximum atomic E-state index is 12.5. The molecular formula is C67H133NO3. The molecule has 0 rings (SSSR count). The van der Waals surface area contributed by atoms with E-state index in [1.165, 1.54) is 347 Å². The maximum absolute atomic E-state index is 12.5. The van der Waals surface area contributed by atoms with Gasteiger partial charge in [0.05, 0.1) is 18.8 Å². The number of allylic oxidation sites excluding steroid dienone is 1. The smallest absolute Gasteiger partial charge is 0.220 e. The maximum Gasteiger partial charge on any atom is 0.220 e. The van der Waals surface area contributed by atoms with E-state index in [-0.39, 0.29) is 12.5 Å². The number of unbranched alkanes of at least 4 members (excludes halogenated alkanes) is 56. The van der Waals surface area contributed by atoms with Gasteiger partial charge in [-0.05, 0) is 19.3 Å². The van der Waals surface area contributed by atoms with Gasteiger partial charge in [0, 0.05) is 6.42 Å². The van der Waals surface area contributed by atoms with Crippen LogP contribution in [0.4, 0.5) is 0 Å². The number of nitrogens with one attached hydrogen (secondary N) is 1. The van der Waals surface area contributed by atoms with Gasteiger partial charge in [-0.1, -0.05) is 379 Å². The molecule has 2 unspecified atom stereocenters. The summed E-state index contributed by atoms with van der Waals surface area (Å²) in [5.41, 5.74) is 0. The van der Waals surface area contributed by atoms with E-state index in [0.717, 1.165) is 25.7 Å². The summed E-state index contributed by atoms with van der Waals surface area (Å²) in [5.74, 6) is -0.0534. The second-order valence-corrected chi connectivity index (χ2v) is 23.3. The molecule has 424 valence electrons. The summed E-state index contributed by atoms with van der Waals surface area (Å²) in [7, 11) is 0. The third-order valence-corrected chi connectivity index (χ3v) is 16.0. The molecule has 0 spiro atoms. The van der Waals surface area contributed by atoms with Crippen LogP contribution in [0.15, 0.2) is 12.2 Å². The standard InChI is InChI=1S/C67H133NO3/c1-3-5-7-9-11-13-15-17-19-21-23-25-27-29-31-33-35-37-39-41-43-45-47-49-51-53-55-57-59-61-63-67(71)68-65(64-69)66(70)62-60-58-56-54-52-50-48-46-44-42-40-38-36-34-32-30-28-26-24-22-20-18-16-14-12-10-8-6-4-2/h60,62,65-66,69-70H,3-59,61,63-64H2,1-2H3,(H,68,71)/b62-60+. The quantitative estimate of drug-likeness (QED) is 0.0420. The van der Waals surface area contributed by atoms with E-state index in [0.29, 0.717) is 6.42 Å². The van der Waals surface area contributed by atoms with E-state index >= 15 is 0 Å². The van der Waals surface area contributed by atoms with Gasteiger partial charge in [0.25, 0.3) is 0 Å². The SMILES string of the molecule is CCCCCCCCCCCCCCCCCCCCCCCCCCCCC/C=C/C(O)C(CO)NC(=O)CCCCCCCCCCCCCCCCCCCCCCCCCCCCCCCC. The van der Waals surface area contributed by atoms with Gasteiger partial charge in [-0.3, -0.25) is 4.79 Å². The van der Waals surface area contributed by atoms with Gasteiger partial charge in [-0.15, -0.1) is 0 Å². The van der Waals surface area contributed by atoms with Crippen LogP contribution in [0.5, 0.6) is 0 Å².